The third-order valence-corrected chi connectivity index (χ3v) is 3.83. The molecule has 0 radical (unpaired) electrons. The standard InChI is InChI=1S/C14H20F2N2O2S2/c1-19-9-7-18(8-10-20-2)14(21)17-11-3-5-12(6-4-11)22-13(15)16/h3-6,13H,7-10H2,1-2H3,(H,17,21). The molecule has 0 heterocycles. The van der Waals surface area contributed by atoms with E-state index in [0.29, 0.717) is 48.1 Å². The third-order valence-electron chi connectivity index (χ3n) is 2.75. The van der Waals surface area contributed by atoms with Crippen molar-refractivity contribution < 1.29 is 18.3 Å². The molecule has 0 spiro atoms. The zero-order valence-corrected chi connectivity index (χ0v) is 14.2. The van der Waals surface area contributed by atoms with Crippen LogP contribution in [0.3, 0.4) is 0 Å². The van der Waals surface area contributed by atoms with Gasteiger partial charge in [-0.2, -0.15) is 8.78 Å². The zero-order chi connectivity index (χ0) is 16.4. The minimum Gasteiger partial charge on any atom is -0.383 e. The van der Waals surface area contributed by atoms with Crippen molar-refractivity contribution in [3.63, 3.8) is 0 Å². The van der Waals surface area contributed by atoms with Gasteiger partial charge >= 0.3 is 0 Å². The number of ether oxygens (including phenoxy) is 2. The van der Waals surface area contributed by atoms with Crippen LogP contribution in [0.15, 0.2) is 29.2 Å². The Bertz CT molecular complexity index is 439. The first-order valence-corrected chi connectivity index (χ1v) is 7.94. The van der Waals surface area contributed by atoms with Crippen molar-refractivity contribution in [2.45, 2.75) is 10.7 Å². The first-order valence-electron chi connectivity index (χ1n) is 6.65. The van der Waals surface area contributed by atoms with Crippen LogP contribution < -0.4 is 5.32 Å². The van der Waals surface area contributed by atoms with Crippen molar-refractivity contribution in [3.8, 4) is 0 Å². The SMILES string of the molecule is COCCN(CCOC)C(=S)Nc1ccc(SC(F)F)cc1. The third kappa shape index (κ3) is 7.35. The lowest BCUT2D eigenvalue weighted by molar-refractivity contribution is 0.147. The van der Waals surface area contributed by atoms with E-state index in [1.807, 2.05) is 4.90 Å². The van der Waals surface area contributed by atoms with Gasteiger partial charge in [0.15, 0.2) is 5.11 Å². The Morgan fingerprint density at radius 3 is 2.18 bits per heavy atom. The molecule has 1 N–H and O–H groups in total. The molecule has 8 heteroatoms. The molecule has 124 valence electrons. The van der Waals surface area contributed by atoms with E-state index in [0.717, 1.165) is 5.69 Å². The van der Waals surface area contributed by atoms with Crippen molar-refractivity contribution >= 4 is 34.8 Å². The summed E-state index contributed by atoms with van der Waals surface area (Å²) in [6.07, 6.45) is 0. The van der Waals surface area contributed by atoms with Crippen LogP contribution in [0, 0.1) is 0 Å². The van der Waals surface area contributed by atoms with E-state index in [9.17, 15) is 8.78 Å². The Balaban J connectivity index is 2.59. The van der Waals surface area contributed by atoms with Crippen LogP contribution in [0.2, 0.25) is 0 Å². The lowest BCUT2D eigenvalue weighted by atomic mass is 10.3. The van der Waals surface area contributed by atoms with Crippen molar-refractivity contribution in [3.05, 3.63) is 24.3 Å². The Morgan fingerprint density at radius 1 is 1.18 bits per heavy atom. The maximum atomic E-state index is 12.3. The first-order chi connectivity index (χ1) is 10.6. The van der Waals surface area contributed by atoms with Crippen LogP contribution in [0.25, 0.3) is 0 Å². The molecule has 0 atom stereocenters. The molecule has 22 heavy (non-hydrogen) atoms. The fourth-order valence-electron chi connectivity index (χ4n) is 1.64. The van der Waals surface area contributed by atoms with Crippen LogP contribution in [0.1, 0.15) is 0 Å². The number of nitrogens with zero attached hydrogens (tertiary/aromatic N) is 1. The largest absolute Gasteiger partial charge is 0.383 e. The average molecular weight is 350 g/mol. The smallest absolute Gasteiger partial charge is 0.288 e. The van der Waals surface area contributed by atoms with Gasteiger partial charge in [-0.25, -0.2) is 0 Å². The van der Waals surface area contributed by atoms with Gasteiger partial charge in [0.1, 0.15) is 0 Å². The molecule has 0 saturated heterocycles. The molecule has 0 aromatic heterocycles. The van der Waals surface area contributed by atoms with Crippen molar-refractivity contribution in [2.75, 3.05) is 45.8 Å². The van der Waals surface area contributed by atoms with Gasteiger partial charge in [0.25, 0.3) is 5.76 Å². The molecule has 4 nitrogen and oxygen atoms in total. The minimum absolute atomic E-state index is 0.516. The molecule has 1 aromatic carbocycles. The maximum absolute atomic E-state index is 12.3. The van der Waals surface area contributed by atoms with Crippen molar-refractivity contribution in [2.24, 2.45) is 0 Å². The van der Waals surface area contributed by atoms with Gasteiger partial charge < -0.3 is 19.7 Å². The summed E-state index contributed by atoms with van der Waals surface area (Å²) < 4.78 is 34.7. The fourth-order valence-corrected chi connectivity index (χ4v) is 2.44. The van der Waals surface area contributed by atoms with Gasteiger partial charge in [0.05, 0.1) is 13.2 Å². The molecular weight excluding hydrogens is 330 g/mol. The van der Waals surface area contributed by atoms with Gasteiger partial charge in [0, 0.05) is 37.9 Å². The lowest BCUT2D eigenvalue weighted by Crippen LogP contribution is -2.39. The number of benzene rings is 1. The predicted octanol–water partition coefficient (Wildman–Crippen LogP) is 3.29. The van der Waals surface area contributed by atoms with E-state index in [2.05, 4.69) is 5.32 Å². The van der Waals surface area contributed by atoms with Crippen LogP contribution in [0.4, 0.5) is 14.5 Å². The van der Waals surface area contributed by atoms with Gasteiger partial charge in [-0.05, 0) is 36.5 Å². The van der Waals surface area contributed by atoms with E-state index >= 15 is 0 Å². The van der Waals surface area contributed by atoms with Crippen LogP contribution in [-0.4, -0.2) is 56.3 Å². The molecule has 0 aliphatic carbocycles. The van der Waals surface area contributed by atoms with Crippen LogP contribution >= 0.6 is 24.0 Å². The molecule has 0 saturated carbocycles. The van der Waals surface area contributed by atoms with Crippen molar-refractivity contribution in [1.29, 1.82) is 0 Å². The van der Waals surface area contributed by atoms with E-state index in [-0.39, 0.29) is 0 Å². The van der Waals surface area contributed by atoms with E-state index in [4.69, 9.17) is 21.7 Å². The van der Waals surface area contributed by atoms with E-state index in [1.165, 1.54) is 0 Å². The summed E-state index contributed by atoms with van der Waals surface area (Å²) in [5.74, 6) is -2.42. The summed E-state index contributed by atoms with van der Waals surface area (Å²) >= 11 is 5.88. The number of hydrogen-bond donors (Lipinski definition) is 1. The summed E-state index contributed by atoms with van der Waals surface area (Å²) in [4.78, 5) is 2.45. The Morgan fingerprint density at radius 2 is 1.73 bits per heavy atom. The summed E-state index contributed by atoms with van der Waals surface area (Å²) in [5, 5.41) is 3.63. The highest BCUT2D eigenvalue weighted by atomic mass is 32.2. The molecule has 0 fully saturated rings. The number of thiocarbonyl (C=S) groups is 1. The summed E-state index contributed by atoms with van der Waals surface area (Å²) in [5.41, 5.74) is 0.753. The normalized spacial score (nSPS) is 10.8. The molecule has 0 bridgehead atoms. The van der Waals surface area contributed by atoms with Gasteiger partial charge in [-0.1, -0.05) is 11.8 Å². The quantitative estimate of drug-likeness (QED) is 0.544. The molecule has 0 amide bonds. The molecular formula is C14H20F2N2O2S2. The highest BCUT2D eigenvalue weighted by molar-refractivity contribution is 7.99. The Labute approximate surface area is 139 Å². The maximum Gasteiger partial charge on any atom is 0.288 e. The highest BCUT2D eigenvalue weighted by Crippen LogP contribution is 2.26. The Hall–Kier alpha value is -0.960. The van der Waals surface area contributed by atoms with Crippen LogP contribution in [0.5, 0.6) is 0 Å². The molecule has 1 aromatic rings. The summed E-state index contributed by atoms with van der Waals surface area (Å²) in [6.45, 7) is 2.39. The molecule has 0 aliphatic heterocycles. The second kappa shape index (κ2) is 10.7. The monoisotopic (exact) mass is 350 g/mol. The average Bonchev–Trinajstić information content (AvgIpc) is 2.49. The zero-order valence-electron chi connectivity index (χ0n) is 12.6. The van der Waals surface area contributed by atoms with Gasteiger partial charge in [0.2, 0.25) is 0 Å². The summed E-state index contributed by atoms with van der Waals surface area (Å²) in [7, 11) is 3.26. The first kappa shape index (κ1) is 19.1. The Kier molecular flexibility index (Phi) is 9.30. The predicted molar refractivity (Wildman–Crippen MR) is 89.8 cm³/mol. The number of hydrogen-bond acceptors (Lipinski definition) is 4. The number of halogens is 2. The molecule has 0 unspecified atom stereocenters. The highest BCUT2D eigenvalue weighted by Gasteiger charge is 2.10. The molecule has 1 rings (SSSR count). The number of methoxy groups -OCH3 is 2. The number of rotatable bonds is 9. The summed E-state index contributed by atoms with van der Waals surface area (Å²) in [6, 6.07) is 6.72. The number of thioether (sulfide) groups is 1. The van der Waals surface area contributed by atoms with Crippen molar-refractivity contribution in [1.82, 2.24) is 4.90 Å². The number of alkyl halides is 2. The van der Waals surface area contributed by atoms with Crippen LogP contribution in [-0.2, 0) is 9.47 Å². The fraction of sp³-hybridized carbons (Fsp3) is 0.500. The van der Waals surface area contributed by atoms with E-state index < -0.39 is 5.76 Å². The second-order valence-corrected chi connectivity index (χ2v) is 5.76. The topological polar surface area (TPSA) is 33.7 Å². The van der Waals surface area contributed by atoms with Gasteiger partial charge in [-0.15, -0.1) is 0 Å². The lowest BCUT2D eigenvalue weighted by Gasteiger charge is -2.25. The minimum atomic E-state index is -2.42. The number of anilines is 1. The van der Waals surface area contributed by atoms with Gasteiger partial charge in [-0.3, -0.25) is 0 Å². The van der Waals surface area contributed by atoms with E-state index in [1.54, 1.807) is 38.5 Å². The molecule has 0 aliphatic rings. The number of nitrogens with one attached hydrogen (secondary N) is 1. The second-order valence-electron chi connectivity index (χ2n) is 4.31.